The van der Waals surface area contributed by atoms with E-state index in [4.69, 9.17) is 0 Å². The maximum atomic E-state index is 12.4. The Morgan fingerprint density at radius 1 is 0.893 bits per heavy atom. The van der Waals surface area contributed by atoms with Crippen molar-refractivity contribution in [2.45, 2.75) is 34.6 Å². The van der Waals surface area contributed by atoms with Gasteiger partial charge in [0.15, 0.2) is 0 Å². The van der Waals surface area contributed by atoms with Crippen molar-refractivity contribution < 1.29 is 14.4 Å². The molecule has 6 heteroatoms. The predicted molar refractivity (Wildman–Crippen MR) is 111 cm³/mol. The molecule has 2 aromatic rings. The number of hydrogen-bond acceptors (Lipinski definition) is 3. The van der Waals surface area contributed by atoms with Gasteiger partial charge in [0.2, 0.25) is 11.8 Å². The summed E-state index contributed by atoms with van der Waals surface area (Å²) in [6, 6.07) is 12.4. The maximum Gasteiger partial charge on any atom is 0.251 e. The molecule has 6 nitrogen and oxygen atoms in total. The first-order chi connectivity index (χ1) is 13.1. The molecular weight excluding hydrogens is 354 g/mol. The lowest BCUT2D eigenvalue weighted by atomic mass is 9.95. The molecule has 0 heterocycles. The number of rotatable bonds is 5. The molecule has 3 N–H and O–H groups in total. The number of carbonyl (C=O) groups is 3. The Morgan fingerprint density at radius 2 is 1.50 bits per heavy atom. The molecule has 0 bridgehead atoms. The van der Waals surface area contributed by atoms with Crippen molar-refractivity contribution >= 4 is 29.1 Å². The molecule has 0 radical (unpaired) electrons. The van der Waals surface area contributed by atoms with Gasteiger partial charge in [-0.05, 0) is 43.2 Å². The Bertz CT molecular complexity index is 878. The van der Waals surface area contributed by atoms with E-state index < -0.39 is 5.41 Å². The molecule has 0 aliphatic heterocycles. The zero-order valence-electron chi connectivity index (χ0n) is 17.0. The Morgan fingerprint density at radius 3 is 2.11 bits per heavy atom. The molecule has 28 heavy (non-hydrogen) atoms. The van der Waals surface area contributed by atoms with Crippen LogP contribution in [0.5, 0.6) is 0 Å². The highest BCUT2D eigenvalue weighted by molar-refractivity contribution is 6.01. The van der Waals surface area contributed by atoms with Gasteiger partial charge >= 0.3 is 0 Å². The SMILES string of the molecule is Cc1cccc(C)c1NC(=O)CNC(=O)c1cccc(NC(=O)C(C)(C)C)c1. The Balaban J connectivity index is 1.97. The van der Waals surface area contributed by atoms with Gasteiger partial charge in [0.25, 0.3) is 5.91 Å². The number of aryl methyl sites for hydroxylation is 2. The Kier molecular flexibility index (Phi) is 6.57. The van der Waals surface area contributed by atoms with Crippen LogP contribution in [0.1, 0.15) is 42.3 Å². The minimum Gasteiger partial charge on any atom is -0.343 e. The van der Waals surface area contributed by atoms with Crippen molar-refractivity contribution in [1.82, 2.24) is 5.32 Å². The normalized spacial score (nSPS) is 10.9. The molecule has 3 amide bonds. The van der Waals surface area contributed by atoms with Gasteiger partial charge in [-0.3, -0.25) is 14.4 Å². The van der Waals surface area contributed by atoms with Gasteiger partial charge in [-0.1, -0.05) is 45.0 Å². The van der Waals surface area contributed by atoms with Crippen LogP contribution in [-0.4, -0.2) is 24.3 Å². The van der Waals surface area contributed by atoms with E-state index in [2.05, 4.69) is 16.0 Å². The molecule has 0 saturated heterocycles. The van der Waals surface area contributed by atoms with Gasteiger partial charge in [0, 0.05) is 22.4 Å². The monoisotopic (exact) mass is 381 g/mol. The number of carbonyl (C=O) groups excluding carboxylic acids is 3. The molecule has 0 aromatic heterocycles. The lowest BCUT2D eigenvalue weighted by molar-refractivity contribution is -0.123. The van der Waals surface area contributed by atoms with Crippen molar-refractivity contribution in [1.29, 1.82) is 0 Å². The van der Waals surface area contributed by atoms with Crippen molar-refractivity contribution in [3.8, 4) is 0 Å². The fourth-order valence-electron chi connectivity index (χ4n) is 2.51. The molecule has 0 fully saturated rings. The van der Waals surface area contributed by atoms with Gasteiger partial charge in [-0.2, -0.15) is 0 Å². The van der Waals surface area contributed by atoms with Gasteiger partial charge < -0.3 is 16.0 Å². The zero-order chi connectivity index (χ0) is 20.9. The summed E-state index contributed by atoms with van der Waals surface area (Å²) in [4.78, 5) is 36.7. The van der Waals surface area contributed by atoms with Crippen LogP contribution in [0.25, 0.3) is 0 Å². The number of hydrogen-bond donors (Lipinski definition) is 3. The van der Waals surface area contributed by atoms with E-state index in [1.807, 2.05) is 52.8 Å². The second kappa shape index (κ2) is 8.69. The quantitative estimate of drug-likeness (QED) is 0.739. The standard InChI is InChI=1S/C22H27N3O3/c1-14-8-6-9-15(2)19(14)25-18(26)13-23-20(27)16-10-7-11-17(12-16)24-21(28)22(3,4)5/h6-12H,13H2,1-5H3,(H,23,27)(H,24,28)(H,25,26). The van der Waals surface area contributed by atoms with E-state index in [9.17, 15) is 14.4 Å². The maximum absolute atomic E-state index is 12.4. The van der Waals surface area contributed by atoms with Crippen LogP contribution in [0.15, 0.2) is 42.5 Å². The third-order valence-corrected chi connectivity index (χ3v) is 4.22. The lowest BCUT2D eigenvalue weighted by Gasteiger charge is -2.18. The molecule has 0 aliphatic rings. The fraction of sp³-hybridized carbons (Fsp3) is 0.318. The average molecular weight is 381 g/mol. The van der Waals surface area contributed by atoms with Crippen molar-refractivity contribution in [3.05, 3.63) is 59.2 Å². The fourth-order valence-corrected chi connectivity index (χ4v) is 2.51. The third kappa shape index (κ3) is 5.67. The molecule has 2 rings (SSSR count). The van der Waals surface area contributed by atoms with Crippen LogP contribution >= 0.6 is 0 Å². The number of benzene rings is 2. The summed E-state index contributed by atoms with van der Waals surface area (Å²) in [5.74, 6) is -0.829. The van der Waals surface area contributed by atoms with Gasteiger partial charge in [0.1, 0.15) is 0 Å². The smallest absolute Gasteiger partial charge is 0.251 e. The molecular formula is C22H27N3O3. The molecule has 148 valence electrons. The Hall–Kier alpha value is -3.15. The second-order valence-corrected chi connectivity index (χ2v) is 7.78. The van der Waals surface area contributed by atoms with E-state index in [1.54, 1.807) is 24.3 Å². The lowest BCUT2D eigenvalue weighted by Crippen LogP contribution is -2.33. The van der Waals surface area contributed by atoms with Crippen molar-refractivity contribution in [3.63, 3.8) is 0 Å². The van der Waals surface area contributed by atoms with Crippen LogP contribution in [0.4, 0.5) is 11.4 Å². The van der Waals surface area contributed by atoms with E-state index in [0.29, 0.717) is 11.3 Å². The van der Waals surface area contributed by atoms with Crippen LogP contribution in [0, 0.1) is 19.3 Å². The predicted octanol–water partition coefficient (Wildman–Crippen LogP) is 3.66. The van der Waals surface area contributed by atoms with Crippen LogP contribution in [0.2, 0.25) is 0 Å². The van der Waals surface area contributed by atoms with Gasteiger partial charge in [-0.25, -0.2) is 0 Å². The molecule has 0 aliphatic carbocycles. The first-order valence-electron chi connectivity index (χ1n) is 9.13. The zero-order valence-corrected chi connectivity index (χ0v) is 17.0. The number of anilines is 2. The van der Waals surface area contributed by atoms with E-state index >= 15 is 0 Å². The summed E-state index contributed by atoms with van der Waals surface area (Å²) < 4.78 is 0. The summed E-state index contributed by atoms with van der Waals surface area (Å²) in [5.41, 5.74) is 3.04. The summed E-state index contributed by atoms with van der Waals surface area (Å²) in [7, 11) is 0. The minimum absolute atomic E-state index is 0.141. The minimum atomic E-state index is -0.538. The summed E-state index contributed by atoms with van der Waals surface area (Å²) >= 11 is 0. The molecule has 2 aromatic carbocycles. The number of para-hydroxylation sites is 1. The Labute approximate surface area is 165 Å². The first-order valence-corrected chi connectivity index (χ1v) is 9.13. The topological polar surface area (TPSA) is 87.3 Å². The highest BCUT2D eigenvalue weighted by Crippen LogP contribution is 2.19. The highest BCUT2D eigenvalue weighted by atomic mass is 16.2. The van der Waals surface area contributed by atoms with Gasteiger partial charge in [0.05, 0.1) is 6.54 Å². The molecule has 0 atom stereocenters. The third-order valence-electron chi connectivity index (χ3n) is 4.22. The molecule has 0 unspecified atom stereocenters. The first kappa shape index (κ1) is 21.2. The van der Waals surface area contributed by atoms with Gasteiger partial charge in [-0.15, -0.1) is 0 Å². The molecule has 0 saturated carbocycles. The van der Waals surface area contributed by atoms with E-state index in [-0.39, 0.29) is 24.3 Å². The summed E-state index contributed by atoms with van der Waals surface area (Å²) in [6.07, 6.45) is 0. The number of amides is 3. The van der Waals surface area contributed by atoms with E-state index in [0.717, 1.165) is 16.8 Å². The van der Waals surface area contributed by atoms with Crippen LogP contribution < -0.4 is 16.0 Å². The summed E-state index contributed by atoms with van der Waals surface area (Å²) in [6.45, 7) is 9.12. The summed E-state index contributed by atoms with van der Waals surface area (Å²) in [5, 5.41) is 8.22. The average Bonchev–Trinajstić information content (AvgIpc) is 2.62. The van der Waals surface area contributed by atoms with Crippen LogP contribution in [-0.2, 0) is 9.59 Å². The molecule has 0 spiro atoms. The van der Waals surface area contributed by atoms with E-state index in [1.165, 1.54) is 0 Å². The number of nitrogens with one attached hydrogen (secondary N) is 3. The highest BCUT2D eigenvalue weighted by Gasteiger charge is 2.21. The van der Waals surface area contributed by atoms with Crippen molar-refractivity contribution in [2.24, 2.45) is 5.41 Å². The largest absolute Gasteiger partial charge is 0.343 e. The second-order valence-electron chi connectivity index (χ2n) is 7.78. The van der Waals surface area contributed by atoms with Crippen molar-refractivity contribution in [2.75, 3.05) is 17.2 Å². The van der Waals surface area contributed by atoms with Crippen LogP contribution in [0.3, 0.4) is 0 Å².